The minimum absolute atomic E-state index is 0.241. The molecule has 1 atom stereocenters. The molecule has 1 aromatic carbocycles. The Labute approximate surface area is 189 Å². The molecule has 10 nitrogen and oxygen atoms in total. The number of H-pyrrole nitrogens is 1. The Morgan fingerprint density at radius 2 is 1.97 bits per heavy atom. The van der Waals surface area contributed by atoms with Crippen LogP contribution in [0.3, 0.4) is 0 Å². The van der Waals surface area contributed by atoms with Crippen molar-refractivity contribution in [2.24, 2.45) is 5.41 Å². The van der Waals surface area contributed by atoms with Crippen LogP contribution in [0.5, 0.6) is 0 Å². The average Bonchev–Trinajstić information content (AvgIpc) is 3.21. The van der Waals surface area contributed by atoms with Gasteiger partial charge in [-0.3, -0.25) is 20.2 Å². The first-order chi connectivity index (χ1) is 15.7. The Kier molecular flexibility index (Phi) is 7.07. The number of aryl methyl sites for hydroxylation is 1. The van der Waals surface area contributed by atoms with E-state index in [-0.39, 0.29) is 11.1 Å². The van der Waals surface area contributed by atoms with Crippen molar-refractivity contribution >= 4 is 23.0 Å². The van der Waals surface area contributed by atoms with Gasteiger partial charge in [0.05, 0.1) is 21.5 Å². The summed E-state index contributed by atoms with van der Waals surface area (Å²) < 4.78 is 0. The lowest BCUT2D eigenvalue weighted by Gasteiger charge is -2.21. The summed E-state index contributed by atoms with van der Waals surface area (Å²) in [6.07, 6.45) is 17.0. The molecule has 0 fully saturated rings. The van der Waals surface area contributed by atoms with Crippen molar-refractivity contribution in [3.8, 4) is 0 Å². The molecule has 0 bridgehead atoms. The van der Waals surface area contributed by atoms with Crippen LogP contribution in [0.1, 0.15) is 42.1 Å². The number of carboxylic acid groups (broad SMARTS) is 1. The van der Waals surface area contributed by atoms with E-state index in [2.05, 4.69) is 23.3 Å². The van der Waals surface area contributed by atoms with E-state index in [1.807, 2.05) is 30.6 Å². The highest BCUT2D eigenvalue weighted by molar-refractivity contribution is 5.98. The summed E-state index contributed by atoms with van der Waals surface area (Å²) in [6.45, 7) is 2.07. The lowest BCUT2D eigenvalue weighted by atomic mass is 9.84. The second kappa shape index (κ2) is 9.94. The fourth-order valence-corrected chi connectivity index (χ4v) is 3.67. The third-order valence-corrected chi connectivity index (χ3v) is 5.50. The van der Waals surface area contributed by atoms with E-state index in [0.717, 1.165) is 37.8 Å². The van der Waals surface area contributed by atoms with Gasteiger partial charge in [0, 0.05) is 29.6 Å². The Balaban J connectivity index is 1.76. The number of benzene rings is 1. The number of nitrogens with zero attached hydrogens (tertiary/aromatic N) is 2. The van der Waals surface area contributed by atoms with Gasteiger partial charge in [-0.15, -0.1) is 0 Å². The number of anilines is 1. The van der Waals surface area contributed by atoms with Gasteiger partial charge in [0.1, 0.15) is 5.69 Å². The molecule has 0 saturated carbocycles. The lowest BCUT2D eigenvalue weighted by molar-refractivity contribution is -0.393. The van der Waals surface area contributed by atoms with Gasteiger partial charge in [-0.25, -0.2) is 4.79 Å². The van der Waals surface area contributed by atoms with E-state index >= 15 is 0 Å². The van der Waals surface area contributed by atoms with Crippen LogP contribution in [0.4, 0.5) is 17.1 Å². The minimum atomic E-state index is -1.51. The van der Waals surface area contributed by atoms with E-state index in [1.54, 1.807) is 12.2 Å². The van der Waals surface area contributed by atoms with Crippen LogP contribution in [0.25, 0.3) is 0 Å². The van der Waals surface area contributed by atoms with Crippen molar-refractivity contribution in [3.63, 3.8) is 0 Å². The topological polar surface area (TPSA) is 151 Å². The Morgan fingerprint density at radius 1 is 1.18 bits per heavy atom. The molecule has 0 spiro atoms. The molecule has 3 rings (SSSR count). The van der Waals surface area contributed by atoms with E-state index in [0.29, 0.717) is 5.70 Å². The number of allylic oxidation sites excluding steroid dienone is 5. The molecule has 172 valence electrons. The molecular weight excluding hydrogens is 428 g/mol. The highest BCUT2D eigenvalue weighted by Gasteiger charge is 2.28. The third-order valence-electron chi connectivity index (χ3n) is 5.50. The number of rotatable bonds is 10. The maximum Gasteiger partial charge on any atom is 0.338 e. The standard InChI is InChI=1S/C23H24N4O6/c1-23(9-3-2-5-16-8-12-24-15-16)10-4-6-17(7-11-23)25-21-19(22(28)29)13-18(26(30)31)14-20(21)27(32)33/h4,6-8,10-15,24-25H,2-3,5,9H2,1H3,(H,28,29). The van der Waals surface area contributed by atoms with Gasteiger partial charge in [-0.2, -0.15) is 0 Å². The van der Waals surface area contributed by atoms with Gasteiger partial charge >= 0.3 is 5.97 Å². The molecule has 1 aromatic heterocycles. The first-order valence-electron chi connectivity index (χ1n) is 10.4. The molecule has 0 saturated heterocycles. The number of hydrogen-bond acceptors (Lipinski definition) is 6. The van der Waals surface area contributed by atoms with Crippen LogP contribution >= 0.6 is 0 Å². The number of carbonyl (C=O) groups is 1. The van der Waals surface area contributed by atoms with Crippen molar-refractivity contribution in [2.75, 3.05) is 5.32 Å². The molecule has 10 heteroatoms. The third kappa shape index (κ3) is 5.94. The highest BCUT2D eigenvalue weighted by atomic mass is 16.6. The van der Waals surface area contributed by atoms with Crippen LogP contribution in [-0.2, 0) is 6.42 Å². The number of nitrogens with one attached hydrogen (secondary N) is 2. The molecule has 1 heterocycles. The Bertz CT molecular complexity index is 1110. The summed E-state index contributed by atoms with van der Waals surface area (Å²) in [5, 5.41) is 34.9. The number of unbranched alkanes of at least 4 members (excludes halogenated alkanes) is 1. The molecule has 3 N–H and O–H groups in total. The summed E-state index contributed by atoms with van der Waals surface area (Å²) in [5.41, 5.74) is -0.752. The molecule has 1 aliphatic carbocycles. The Morgan fingerprint density at radius 3 is 2.61 bits per heavy atom. The van der Waals surface area contributed by atoms with Gasteiger partial charge in [0.2, 0.25) is 0 Å². The molecule has 2 aromatic rings. The van der Waals surface area contributed by atoms with Gasteiger partial charge in [-0.05, 0) is 43.0 Å². The zero-order valence-corrected chi connectivity index (χ0v) is 18.0. The fraction of sp³-hybridized carbons (Fsp3) is 0.261. The van der Waals surface area contributed by atoms with Crippen molar-refractivity contribution in [1.82, 2.24) is 4.98 Å². The van der Waals surface area contributed by atoms with Crippen molar-refractivity contribution < 1.29 is 19.7 Å². The first kappa shape index (κ1) is 23.5. The van der Waals surface area contributed by atoms with Crippen molar-refractivity contribution in [2.45, 2.75) is 32.6 Å². The molecule has 0 amide bonds. The van der Waals surface area contributed by atoms with Crippen molar-refractivity contribution in [3.05, 3.63) is 98.0 Å². The van der Waals surface area contributed by atoms with Crippen LogP contribution in [0.2, 0.25) is 0 Å². The molecule has 33 heavy (non-hydrogen) atoms. The molecule has 1 aliphatic rings. The molecule has 1 unspecified atom stereocenters. The molecule has 0 radical (unpaired) electrons. The van der Waals surface area contributed by atoms with E-state index in [9.17, 15) is 30.1 Å². The van der Waals surface area contributed by atoms with Gasteiger partial charge < -0.3 is 15.4 Å². The predicted molar refractivity (Wildman–Crippen MR) is 123 cm³/mol. The number of carboxylic acids is 1. The van der Waals surface area contributed by atoms with E-state index in [4.69, 9.17) is 0 Å². The van der Waals surface area contributed by atoms with E-state index in [1.165, 1.54) is 5.56 Å². The maximum atomic E-state index is 11.7. The zero-order valence-electron chi connectivity index (χ0n) is 18.0. The zero-order chi connectivity index (χ0) is 24.0. The second-order valence-corrected chi connectivity index (χ2v) is 8.08. The monoisotopic (exact) mass is 452 g/mol. The summed E-state index contributed by atoms with van der Waals surface area (Å²) in [5.74, 6) is -1.51. The fourth-order valence-electron chi connectivity index (χ4n) is 3.67. The van der Waals surface area contributed by atoms with Crippen LogP contribution in [0, 0.1) is 25.6 Å². The summed E-state index contributed by atoms with van der Waals surface area (Å²) in [4.78, 5) is 35.6. The van der Waals surface area contributed by atoms with Gasteiger partial charge in [0.15, 0.2) is 0 Å². The predicted octanol–water partition coefficient (Wildman–Crippen LogP) is 5.37. The van der Waals surface area contributed by atoms with Gasteiger partial charge in [0.25, 0.3) is 11.4 Å². The first-order valence-corrected chi connectivity index (χ1v) is 10.4. The second-order valence-electron chi connectivity index (χ2n) is 8.08. The number of nitro groups is 2. The normalized spacial score (nSPS) is 17.3. The Hall–Kier alpha value is -4.21. The SMILES string of the molecule is CC1(CCCCc2cc[nH]c2)C=CC=C(Nc2c(C(=O)O)cc([N+](=O)[O-])cc2[N+](=O)[O-])C=C1. The average molecular weight is 452 g/mol. The summed E-state index contributed by atoms with van der Waals surface area (Å²) in [7, 11) is 0. The maximum absolute atomic E-state index is 11.7. The number of nitro benzene ring substituents is 2. The van der Waals surface area contributed by atoms with E-state index < -0.39 is 32.8 Å². The number of non-ortho nitro benzene ring substituents is 1. The molecular formula is C23H24N4O6. The highest BCUT2D eigenvalue weighted by Crippen LogP contribution is 2.36. The minimum Gasteiger partial charge on any atom is -0.478 e. The molecule has 0 aliphatic heterocycles. The quantitative estimate of drug-likeness (QED) is 0.249. The number of aromatic amines is 1. The summed E-state index contributed by atoms with van der Waals surface area (Å²) >= 11 is 0. The van der Waals surface area contributed by atoms with Crippen LogP contribution in [-0.4, -0.2) is 25.9 Å². The number of aromatic carboxylic acids is 1. The van der Waals surface area contributed by atoms with Crippen LogP contribution in [0.15, 0.2) is 66.7 Å². The van der Waals surface area contributed by atoms with Gasteiger partial charge in [-0.1, -0.05) is 31.6 Å². The van der Waals surface area contributed by atoms with Crippen LogP contribution < -0.4 is 5.32 Å². The number of aromatic nitrogens is 1. The van der Waals surface area contributed by atoms with Crippen molar-refractivity contribution in [1.29, 1.82) is 0 Å². The summed E-state index contributed by atoms with van der Waals surface area (Å²) in [6, 6.07) is 3.61. The number of hydrogen-bond donors (Lipinski definition) is 3. The smallest absolute Gasteiger partial charge is 0.338 e. The largest absolute Gasteiger partial charge is 0.478 e. The lowest BCUT2D eigenvalue weighted by Crippen LogP contribution is -2.10.